The van der Waals surface area contributed by atoms with E-state index in [1.165, 1.54) is 31.2 Å². The van der Waals surface area contributed by atoms with Gasteiger partial charge in [0.2, 0.25) is 0 Å². The molecule has 2 rings (SSSR count). The SMILES string of the molecule is CCNC(CC)c1ccc(OCCC2CCC2)cc1. The van der Waals surface area contributed by atoms with Gasteiger partial charge < -0.3 is 10.1 Å². The molecular weight excluding hydrogens is 234 g/mol. The van der Waals surface area contributed by atoms with Crippen LogP contribution in [0, 0.1) is 5.92 Å². The predicted molar refractivity (Wildman–Crippen MR) is 80.6 cm³/mol. The van der Waals surface area contributed by atoms with Crippen LogP contribution in [0.15, 0.2) is 24.3 Å². The zero-order chi connectivity index (χ0) is 13.5. The third kappa shape index (κ3) is 4.24. The first-order valence-corrected chi connectivity index (χ1v) is 7.79. The maximum atomic E-state index is 5.82. The third-order valence-electron chi connectivity index (χ3n) is 4.16. The number of benzene rings is 1. The summed E-state index contributed by atoms with van der Waals surface area (Å²) in [6, 6.07) is 9.06. The highest BCUT2D eigenvalue weighted by Crippen LogP contribution is 2.29. The summed E-state index contributed by atoms with van der Waals surface area (Å²) in [5.41, 5.74) is 1.36. The van der Waals surface area contributed by atoms with Gasteiger partial charge in [-0.1, -0.05) is 45.2 Å². The Morgan fingerprint density at radius 2 is 1.95 bits per heavy atom. The van der Waals surface area contributed by atoms with Gasteiger partial charge in [-0.3, -0.25) is 0 Å². The van der Waals surface area contributed by atoms with Gasteiger partial charge in [0, 0.05) is 6.04 Å². The fourth-order valence-corrected chi connectivity index (χ4v) is 2.67. The molecule has 1 aromatic carbocycles. The lowest BCUT2D eigenvalue weighted by atomic mass is 9.83. The first-order chi connectivity index (χ1) is 9.33. The molecule has 0 radical (unpaired) electrons. The van der Waals surface area contributed by atoms with Crippen LogP contribution in [0.4, 0.5) is 0 Å². The largest absolute Gasteiger partial charge is 0.494 e. The molecule has 1 saturated carbocycles. The molecule has 0 spiro atoms. The minimum Gasteiger partial charge on any atom is -0.494 e. The highest BCUT2D eigenvalue weighted by Gasteiger charge is 2.16. The molecule has 1 N–H and O–H groups in total. The minimum atomic E-state index is 0.467. The zero-order valence-electron chi connectivity index (χ0n) is 12.3. The average molecular weight is 261 g/mol. The van der Waals surface area contributed by atoms with E-state index in [1.807, 2.05) is 0 Å². The molecule has 1 aliphatic carbocycles. The van der Waals surface area contributed by atoms with E-state index in [4.69, 9.17) is 4.74 Å². The van der Waals surface area contributed by atoms with E-state index in [1.54, 1.807) is 0 Å². The van der Waals surface area contributed by atoms with Crippen molar-refractivity contribution in [2.24, 2.45) is 5.92 Å². The molecule has 19 heavy (non-hydrogen) atoms. The summed E-state index contributed by atoms with van der Waals surface area (Å²) in [6.45, 7) is 6.25. The van der Waals surface area contributed by atoms with E-state index in [-0.39, 0.29) is 0 Å². The van der Waals surface area contributed by atoms with Crippen molar-refractivity contribution in [3.63, 3.8) is 0 Å². The van der Waals surface area contributed by atoms with Crippen LogP contribution in [-0.2, 0) is 0 Å². The third-order valence-corrected chi connectivity index (χ3v) is 4.16. The monoisotopic (exact) mass is 261 g/mol. The number of nitrogens with one attached hydrogen (secondary N) is 1. The number of hydrogen-bond acceptors (Lipinski definition) is 2. The Hall–Kier alpha value is -1.02. The Morgan fingerprint density at radius 3 is 2.47 bits per heavy atom. The number of hydrogen-bond donors (Lipinski definition) is 1. The molecule has 0 amide bonds. The first-order valence-electron chi connectivity index (χ1n) is 7.79. The topological polar surface area (TPSA) is 21.3 Å². The van der Waals surface area contributed by atoms with Crippen LogP contribution in [0.3, 0.4) is 0 Å². The molecule has 1 unspecified atom stereocenters. The maximum Gasteiger partial charge on any atom is 0.119 e. The van der Waals surface area contributed by atoms with Crippen molar-refractivity contribution < 1.29 is 4.74 Å². The summed E-state index contributed by atoms with van der Waals surface area (Å²) in [7, 11) is 0. The summed E-state index contributed by atoms with van der Waals surface area (Å²) >= 11 is 0. The number of ether oxygens (including phenoxy) is 1. The van der Waals surface area contributed by atoms with Crippen LogP contribution in [0.5, 0.6) is 5.75 Å². The molecule has 0 saturated heterocycles. The Kier molecular flexibility index (Phi) is 5.71. The summed E-state index contributed by atoms with van der Waals surface area (Å²) in [5.74, 6) is 1.94. The molecule has 1 aliphatic rings. The standard InChI is InChI=1S/C17H27NO/c1-3-17(18-4-2)15-8-10-16(11-9-15)19-13-12-14-6-5-7-14/h8-11,14,17-18H,3-7,12-13H2,1-2H3. The van der Waals surface area contributed by atoms with E-state index in [9.17, 15) is 0 Å². The van der Waals surface area contributed by atoms with Crippen molar-refractivity contribution in [1.29, 1.82) is 0 Å². The Morgan fingerprint density at radius 1 is 1.21 bits per heavy atom. The molecule has 2 heteroatoms. The second-order valence-corrected chi connectivity index (χ2v) is 5.52. The first kappa shape index (κ1) is 14.4. The predicted octanol–water partition coefficient (Wildman–Crippen LogP) is 4.32. The van der Waals surface area contributed by atoms with E-state index in [0.29, 0.717) is 6.04 Å². The highest BCUT2D eigenvalue weighted by molar-refractivity contribution is 5.29. The second kappa shape index (κ2) is 7.54. The van der Waals surface area contributed by atoms with Gasteiger partial charge >= 0.3 is 0 Å². The van der Waals surface area contributed by atoms with Crippen molar-refractivity contribution in [2.75, 3.05) is 13.2 Å². The van der Waals surface area contributed by atoms with Crippen molar-refractivity contribution >= 4 is 0 Å². The van der Waals surface area contributed by atoms with Crippen molar-refractivity contribution in [3.05, 3.63) is 29.8 Å². The Balaban J connectivity index is 1.79. The smallest absolute Gasteiger partial charge is 0.119 e. The quantitative estimate of drug-likeness (QED) is 0.752. The lowest BCUT2D eigenvalue weighted by Crippen LogP contribution is -2.19. The summed E-state index contributed by atoms with van der Waals surface area (Å²) < 4.78 is 5.82. The Labute approximate surface area is 117 Å². The summed E-state index contributed by atoms with van der Waals surface area (Å²) in [4.78, 5) is 0. The molecule has 0 aliphatic heterocycles. The van der Waals surface area contributed by atoms with E-state index >= 15 is 0 Å². The van der Waals surface area contributed by atoms with Crippen LogP contribution >= 0.6 is 0 Å². The second-order valence-electron chi connectivity index (χ2n) is 5.52. The molecule has 2 nitrogen and oxygen atoms in total. The van der Waals surface area contributed by atoms with E-state index in [2.05, 4.69) is 43.4 Å². The van der Waals surface area contributed by atoms with Gasteiger partial charge in [-0.25, -0.2) is 0 Å². The van der Waals surface area contributed by atoms with Gasteiger partial charge in [-0.2, -0.15) is 0 Å². The molecule has 0 aromatic heterocycles. The normalized spacial score (nSPS) is 16.9. The van der Waals surface area contributed by atoms with Gasteiger partial charge in [0.05, 0.1) is 6.61 Å². The summed E-state index contributed by atoms with van der Waals surface area (Å²) in [6.07, 6.45) is 6.57. The molecule has 0 heterocycles. The molecule has 1 atom stereocenters. The van der Waals surface area contributed by atoms with Gasteiger partial charge in [-0.05, 0) is 43.0 Å². The molecule has 106 valence electrons. The highest BCUT2D eigenvalue weighted by atomic mass is 16.5. The molecule has 0 bridgehead atoms. The molecule has 1 aromatic rings. The molecular formula is C17H27NO. The fourth-order valence-electron chi connectivity index (χ4n) is 2.67. The van der Waals surface area contributed by atoms with Gasteiger partial charge in [-0.15, -0.1) is 0 Å². The number of rotatable bonds is 8. The van der Waals surface area contributed by atoms with Crippen LogP contribution < -0.4 is 10.1 Å². The minimum absolute atomic E-state index is 0.467. The van der Waals surface area contributed by atoms with Crippen LogP contribution in [0.1, 0.15) is 57.6 Å². The van der Waals surface area contributed by atoms with E-state index in [0.717, 1.165) is 31.2 Å². The van der Waals surface area contributed by atoms with Crippen molar-refractivity contribution in [2.45, 2.75) is 52.0 Å². The Bertz CT molecular complexity index is 356. The van der Waals surface area contributed by atoms with Crippen molar-refractivity contribution in [3.8, 4) is 5.75 Å². The van der Waals surface area contributed by atoms with Crippen LogP contribution in [0.25, 0.3) is 0 Å². The fraction of sp³-hybridized carbons (Fsp3) is 0.647. The van der Waals surface area contributed by atoms with Crippen molar-refractivity contribution in [1.82, 2.24) is 5.32 Å². The lowest BCUT2D eigenvalue weighted by molar-refractivity contribution is 0.222. The zero-order valence-corrected chi connectivity index (χ0v) is 12.3. The van der Waals surface area contributed by atoms with Gasteiger partial charge in [0.25, 0.3) is 0 Å². The average Bonchev–Trinajstić information content (AvgIpc) is 2.40. The molecule has 1 fully saturated rings. The van der Waals surface area contributed by atoms with Crippen LogP contribution in [-0.4, -0.2) is 13.2 Å². The van der Waals surface area contributed by atoms with Gasteiger partial charge in [0.15, 0.2) is 0 Å². The lowest BCUT2D eigenvalue weighted by Gasteiger charge is -2.25. The van der Waals surface area contributed by atoms with E-state index < -0.39 is 0 Å². The van der Waals surface area contributed by atoms with Crippen LogP contribution in [0.2, 0.25) is 0 Å². The summed E-state index contributed by atoms with van der Waals surface area (Å²) in [5, 5.41) is 3.50. The maximum absolute atomic E-state index is 5.82. The van der Waals surface area contributed by atoms with Gasteiger partial charge in [0.1, 0.15) is 5.75 Å².